The van der Waals surface area contributed by atoms with E-state index in [1.165, 1.54) is 7.05 Å². The maximum atomic E-state index is 12.6. The summed E-state index contributed by atoms with van der Waals surface area (Å²) >= 11 is 5.80. The summed E-state index contributed by atoms with van der Waals surface area (Å²) in [6.45, 7) is 0. The van der Waals surface area contributed by atoms with Gasteiger partial charge in [0.25, 0.3) is 0 Å². The molecule has 0 atom stereocenters. The highest BCUT2D eigenvalue weighted by Crippen LogP contribution is 2.35. The minimum atomic E-state index is -4.56. The average Bonchev–Trinajstić information content (AvgIpc) is 2.33. The molecule has 1 amide bonds. The van der Waals surface area contributed by atoms with E-state index in [9.17, 15) is 26.4 Å². The van der Waals surface area contributed by atoms with Gasteiger partial charge in [-0.25, -0.2) is 8.42 Å². The number of sulfone groups is 1. The molecule has 9 heteroatoms. The maximum Gasteiger partial charge on any atom is 0.416 e. The van der Waals surface area contributed by atoms with E-state index in [-0.39, 0.29) is 22.9 Å². The van der Waals surface area contributed by atoms with Crippen molar-refractivity contribution in [1.29, 1.82) is 0 Å². The van der Waals surface area contributed by atoms with E-state index in [1.807, 2.05) is 0 Å². The number of benzene rings is 1. The molecule has 0 bridgehead atoms. The van der Waals surface area contributed by atoms with Crippen LogP contribution in [0.25, 0.3) is 0 Å². The lowest BCUT2D eigenvalue weighted by Crippen LogP contribution is -2.28. The van der Waals surface area contributed by atoms with Crippen molar-refractivity contribution in [2.24, 2.45) is 0 Å². The summed E-state index contributed by atoms with van der Waals surface area (Å²) in [6.07, 6.45) is -3.92. The number of nitrogens with zero attached hydrogens (tertiary/aromatic N) is 1. The van der Waals surface area contributed by atoms with Gasteiger partial charge >= 0.3 is 6.18 Å². The molecule has 118 valence electrons. The number of alkyl halides is 3. The molecule has 1 aromatic carbocycles. The lowest BCUT2D eigenvalue weighted by atomic mass is 10.1. The van der Waals surface area contributed by atoms with Crippen molar-refractivity contribution in [1.82, 2.24) is 0 Å². The van der Waals surface area contributed by atoms with Gasteiger partial charge in [-0.05, 0) is 18.2 Å². The molecular formula is C12H13ClF3NO3S. The van der Waals surface area contributed by atoms with E-state index in [2.05, 4.69) is 0 Å². The quantitative estimate of drug-likeness (QED) is 0.844. The fourth-order valence-electron chi connectivity index (χ4n) is 1.52. The summed E-state index contributed by atoms with van der Waals surface area (Å²) in [7, 11) is -2.09. The molecule has 0 fully saturated rings. The van der Waals surface area contributed by atoms with Crippen LogP contribution in [0.2, 0.25) is 5.02 Å². The van der Waals surface area contributed by atoms with Gasteiger partial charge in [-0.1, -0.05) is 11.6 Å². The number of rotatable bonds is 4. The highest BCUT2D eigenvalue weighted by molar-refractivity contribution is 7.90. The monoisotopic (exact) mass is 343 g/mol. The first-order valence-corrected chi connectivity index (χ1v) is 8.16. The molecule has 0 aromatic heterocycles. The van der Waals surface area contributed by atoms with Gasteiger partial charge in [0.1, 0.15) is 9.84 Å². The molecule has 0 heterocycles. The van der Waals surface area contributed by atoms with Crippen LogP contribution >= 0.6 is 11.6 Å². The minimum Gasteiger partial charge on any atom is -0.314 e. The first-order valence-electron chi connectivity index (χ1n) is 5.73. The van der Waals surface area contributed by atoms with E-state index < -0.39 is 27.5 Å². The van der Waals surface area contributed by atoms with Gasteiger partial charge in [0.05, 0.1) is 22.0 Å². The van der Waals surface area contributed by atoms with Crippen molar-refractivity contribution in [3.8, 4) is 0 Å². The summed E-state index contributed by atoms with van der Waals surface area (Å²) in [5.41, 5.74) is -1.06. The van der Waals surface area contributed by atoms with Gasteiger partial charge in [-0.2, -0.15) is 13.2 Å². The summed E-state index contributed by atoms with van der Waals surface area (Å²) in [5.74, 6) is -1.02. The number of carbonyl (C=O) groups is 1. The zero-order valence-corrected chi connectivity index (χ0v) is 12.8. The van der Waals surface area contributed by atoms with Crippen LogP contribution in [0.5, 0.6) is 0 Å². The molecule has 0 unspecified atom stereocenters. The zero-order valence-electron chi connectivity index (χ0n) is 11.2. The van der Waals surface area contributed by atoms with E-state index >= 15 is 0 Å². The smallest absolute Gasteiger partial charge is 0.314 e. The van der Waals surface area contributed by atoms with E-state index in [4.69, 9.17) is 11.6 Å². The lowest BCUT2D eigenvalue weighted by Gasteiger charge is -2.20. The Bertz CT molecular complexity index is 644. The van der Waals surface area contributed by atoms with Crippen LogP contribution in [0.1, 0.15) is 12.0 Å². The second-order valence-corrected chi connectivity index (χ2v) is 7.16. The molecule has 0 radical (unpaired) electrons. The molecule has 21 heavy (non-hydrogen) atoms. The Morgan fingerprint density at radius 3 is 2.38 bits per heavy atom. The van der Waals surface area contributed by atoms with E-state index in [0.29, 0.717) is 0 Å². The van der Waals surface area contributed by atoms with Gasteiger partial charge in [0.2, 0.25) is 5.91 Å². The molecule has 1 aromatic rings. The molecule has 0 aliphatic carbocycles. The third kappa shape index (κ3) is 5.20. The molecule has 0 spiro atoms. The van der Waals surface area contributed by atoms with Crippen molar-refractivity contribution in [2.75, 3.05) is 24.0 Å². The highest BCUT2D eigenvalue weighted by Gasteiger charge is 2.31. The van der Waals surface area contributed by atoms with Crippen molar-refractivity contribution in [2.45, 2.75) is 12.6 Å². The minimum absolute atomic E-state index is 0.0294. The van der Waals surface area contributed by atoms with E-state index in [1.54, 1.807) is 0 Å². The Morgan fingerprint density at radius 2 is 1.90 bits per heavy atom. The standard InChI is InChI=1S/C12H13ClF3NO3S/c1-17(11(18)5-6-21(2,19)20)10-7-8(12(14,15)16)3-4-9(10)13/h3-4,7H,5-6H2,1-2H3. The first-order chi connectivity index (χ1) is 9.42. The summed E-state index contributed by atoms with van der Waals surface area (Å²) in [4.78, 5) is 12.7. The summed E-state index contributed by atoms with van der Waals surface area (Å²) < 4.78 is 59.9. The molecule has 0 saturated heterocycles. The second kappa shape index (κ2) is 6.23. The van der Waals surface area contributed by atoms with Crippen LogP contribution < -0.4 is 4.90 Å². The number of hydrogen-bond donors (Lipinski definition) is 0. The van der Waals surface area contributed by atoms with Crippen molar-refractivity contribution in [3.63, 3.8) is 0 Å². The molecule has 0 aliphatic rings. The zero-order chi connectivity index (χ0) is 16.4. The number of halogens is 4. The molecule has 0 saturated carbocycles. The first kappa shape index (κ1) is 17.8. The Kier molecular flexibility index (Phi) is 5.27. The third-order valence-corrected chi connectivity index (χ3v) is 3.96. The Balaban J connectivity index is 3.01. The van der Waals surface area contributed by atoms with Gasteiger partial charge in [-0.3, -0.25) is 4.79 Å². The molecule has 4 nitrogen and oxygen atoms in total. The normalized spacial score (nSPS) is 12.3. The lowest BCUT2D eigenvalue weighted by molar-refractivity contribution is -0.137. The number of carbonyl (C=O) groups excluding carboxylic acids is 1. The third-order valence-electron chi connectivity index (χ3n) is 2.70. The van der Waals surface area contributed by atoms with E-state index in [0.717, 1.165) is 29.4 Å². The molecule has 1 rings (SSSR count). The van der Waals surface area contributed by atoms with Gasteiger partial charge in [0.15, 0.2) is 0 Å². The van der Waals surface area contributed by atoms with Crippen molar-refractivity contribution < 1.29 is 26.4 Å². The Morgan fingerprint density at radius 1 is 1.33 bits per heavy atom. The molecule has 0 N–H and O–H groups in total. The van der Waals surface area contributed by atoms with Gasteiger partial charge in [0, 0.05) is 19.7 Å². The average molecular weight is 344 g/mol. The number of anilines is 1. The Hall–Kier alpha value is -1.28. The molecule has 0 aliphatic heterocycles. The van der Waals surface area contributed by atoms with Crippen LogP contribution in [0.3, 0.4) is 0 Å². The fraction of sp³-hybridized carbons (Fsp3) is 0.417. The summed E-state index contributed by atoms with van der Waals surface area (Å²) in [6, 6.07) is 2.60. The molecular weight excluding hydrogens is 331 g/mol. The predicted molar refractivity (Wildman–Crippen MR) is 74.2 cm³/mol. The van der Waals surface area contributed by atoms with Crippen LogP contribution in [0.4, 0.5) is 18.9 Å². The van der Waals surface area contributed by atoms with Gasteiger partial charge in [-0.15, -0.1) is 0 Å². The van der Waals surface area contributed by atoms with Crippen LogP contribution in [-0.4, -0.2) is 33.4 Å². The van der Waals surface area contributed by atoms with Crippen molar-refractivity contribution in [3.05, 3.63) is 28.8 Å². The second-order valence-electron chi connectivity index (χ2n) is 4.50. The topological polar surface area (TPSA) is 54.5 Å². The predicted octanol–water partition coefficient (Wildman–Crippen LogP) is 2.76. The van der Waals surface area contributed by atoms with Crippen LogP contribution in [-0.2, 0) is 20.8 Å². The van der Waals surface area contributed by atoms with Crippen molar-refractivity contribution >= 4 is 33.0 Å². The maximum absolute atomic E-state index is 12.6. The summed E-state index contributed by atoms with van der Waals surface area (Å²) in [5, 5.41) is -0.0294. The van der Waals surface area contributed by atoms with Crippen LogP contribution in [0, 0.1) is 0 Å². The number of hydrogen-bond acceptors (Lipinski definition) is 3. The van der Waals surface area contributed by atoms with Crippen LogP contribution in [0.15, 0.2) is 18.2 Å². The fourth-order valence-corrected chi connectivity index (χ4v) is 2.31. The highest BCUT2D eigenvalue weighted by atomic mass is 35.5. The van der Waals surface area contributed by atoms with Gasteiger partial charge < -0.3 is 4.90 Å². The SMILES string of the molecule is CN(C(=O)CCS(C)(=O)=O)c1cc(C(F)(F)F)ccc1Cl. The number of amides is 1. The largest absolute Gasteiger partial charge is 0.416 e. The Labute approximate surface area is 125 Å².